The summed E-state index contributed by atoms with van der Waals surface area (Å²) in [7, 11) is 0. The van der Waals surface area contributed by atoms with Crippen LogP contribution in [0, 0.1) is 0 Å². The lowest BCUT2D eigenvalue weighted by atomic mass is 10.3. The van der Waals surface area contributed by atoms with E-state index in [1.165, 1.54) is 12.1 Å². The predicted molar refractivity (Wildman–Crippen MR) is 48.8 cm³/mol. The summed E-state index contributed by atoms with van der Waals surface area (Å²) in [4.78, 5) is 10.1. The van der Waals surface area contributed by atoms with Gasteiger partial charge in [0.1, 0.15) is 5.75 Å². The van der Waals surface area contributed by atoms with Crippen molar-refractivity contribution in [3.05, 3.63) is 24.3 Å². The van der Waals surface area contributed by atoms with Crippen LogP contribution in [0.3, 0.4) is 0 Å². The summed E-state index contributed by atoms with van der Waals surface area (Å²) >= 11 is 0. The van der Waals surface area contributed by atoms with Gasteiger partial charge in [0.05, 0.1) is 5.69 Å². The Bertz CT molecular complexity index is 353. The van der Waals surface area contributed by atoms with E-state index in [1.54, 1.807) is 0 Å². The first-order chi connectivity index (χ1) is 7.40. The Morgan fingerprint density at radius 2 is 1.88 bits per heavy atom. The summed E-state index contributed by atoms with van der Waals surface area (Å²) in [6, 6.07) is 4.75. The first-order valence-corrected chi connectivity index (χ1v) is 4.02. The van der Waals surface area contributed by atoms with Crippen LogP contribution in [0.25, 0.3) is 0 Å². The van der Waals surface area contributed by atoms with E-state index in [4.69, 9.17) is 5.84 Å². The molecular formula is C8H8F3N3O2. The number of hydrazine groups is 2. The lowest BCUT2D eigenvalue weighted by Crippen LogP contribution is -2.35. The van der Waals surface area contributed by atoms with Crippen LogP contribution in [-0.4, -0.2) is 17.9 Å². The lowest BCUT2D eigenvalue weighted by Gasteiger charge is -2.13. The first kappa shape index (κ1) is 12.1. The predicted octanol–water partition coefficient (Wildman–Crippen LogP) is 1.24. The Balaban J connectivity index is 2.64. The molecule has 8 heteroatoms. The van der Waals surface area contributed by atoms with E-state index in [9.17, 15) is 18.0 Å². The molecule has 0 aliphatic carbocycles. The van der Waals surface area contributed by atoms with Crippen molar-refractivity contribution in [2.45, 2.75) is 6.36 Å². The van der Waals surface area contributed by atoms with Gasteiger partial charge in [0.15, 0.2) is 0 Å². The van der Waals surface area contributed by atoms with Gasteiger partial charge in [-0.05, 0) is 24.3 Å². The average molecular weight is 235 g/mol. The highest BCUT2D eigenvalue weighted by Crippen LogP contribution is 2.23. The molecule has 0 unspecified atom stereocenters. The first-order valence-electron chi connectivity index (χ1n) is 4.02. The number of carbonyl (C=O) groups excluding carboxylic acids is 1. The van der Waals surface area contributed by atoms with Crippen molar-refractivity contribution >= 4 is 12.1 Å². The van der Waals surface area contributed by atoms with Crippen LogP contribution in [0.5, 0.6) is 5.75 Å². The number of nitrogens with two attached hydrogens (primary N) is 1. The number of nitrogens with zero attached hydrogens (tertiary/aromatic N) is 1. The second kappa shape index (κ2) is 4.71. The highest BCUT2D eigenvalue weighted by atomic mass is 19.4. The Kier molecular flexibility index (Phi) is 3.56. The van der Waals surface area contributed by atoms with Gasteiger partial charge in [-0.25, -0.2) is 5.84 Å². The summed E-state index contributed by atoms with van der Waals surface area (Å²) in [5.74, 6) is 4.73. The molecule has 0 saturated carbocycles. The lowest BCUT2D eigenvalue weighted by molar-refractivity contribution is -0.274. The summed E-state index contributed by atoms with van der Waals surface area (Å²) in [5.41, 5.74) is 2.74. The fourth-order valence-corrected chi connectivity index (χ4v) is 0.907. The molecule has 88 valence electrons. The van der Waals surface area contributed by atoms with Crippen molar-refractivity contribution in [2.75, 3.05) is 5.43 Å². The molecule has 0 fully saturated rings. The highest BCUT2D eigenvalue weighted by molar-refractivity contribution is 5.53. The zero-order valence-electron chi connectivity index (χ0n) is 7.86. The average Bonchev–Trinajstić information content (AvgIpc) is 2.18. The van der Waals surface area contributed by atoms with Crippen molar-refractivity contribution in [1.82, 2.24) is 5.12 Å². The third-order valence-electron chi connectivity index (χ3n) is 1.46. The fraction of sp³-hybridized carbons (Fsp3) is 0.125. The minimum absolute atomic E-state index is 0.306. The molecule has 0 heterocycles. The van der Waals surface area contributed by atoms with Crippen molar-refractivity contribution in [3.8, 4) is 5.75 Å². The maximum absolute atomic E-state index is 11.8. The molecule has 1 aromatic rings. The van der Waals surface area contributed by atoms with Crippen LogP contribution in [0.1, 0.15) is 0 Å². The van der Waals surface area contributed by atoms with Gasteiger partial charge in [0.25, 0.3) is 0 Å². The van der Waals surface area contributed by atoms with Gasteiger partial charge in [-0.3, -0.25) is 10.2 Å². The number of ether oxygens (including phenoxy) is 1. The molecular weight excluding hydrogens is 227 g/mol. The van der Waals surface area contributed by atoms with Crippen LogP contribution < -0.4 is 16.0 Å². The largest absolute Gasteiger partial charge is 0.573 e. The van der Waals surface area contributed by atoms with Crippen LogP contribution in [-0.2, 0) is 4.79 Å². The minimum Gasteiger partial charge on any atom is -0.406 e. The molecule has 1 rings (SSSR count). The van der Waals surface area contributed by atoms with Gasteiger partial charge in [-0.15, -0.1) is 13.2 Å². The van der Waals surface area contributed by atoms with Crippen LogP contribution in [0.4, 0.5) is 18.9 Å². The molecule has 0 aromatic heterocycles. The number of amides is 1. The summed E-state index contributed by atoms with van der Waals surface area (Å²) in [6.45, 7) is 0. The molecule has 0 spiro atoms. The Hall–Kier alpha value is -1.96. The van der Waals surface area contributed by atoms with E-state index in [-0.39, 0.29) is 5.75 Å². The molecule has 3 N–H and O–H groups in total. The van der Waals surface area contributed by atoms with Crippen molar-refractivity contribution in [1.29, 1.82) is 0 Å². The van der Waals surface area contributed by atoms with Gasteiger partial charge >= 0.3 is 6.36 Å². The summed E-state index contributed by atoms with van der Waals surface area (Å²) in [6.07, 6.45) is -4.42. The minimum atomic E-state index is -4.72. The van der Waals surface area contributed by atoms with Gasteiger partial charge in [0.2, 0.25) is 6.41 Å². The van der Waals surface area contributed by atoms with Crippen molar-refractivity contribution in [2.24, 2.45) is 5.84 Å². The van der Waals surface area contributed by atoms with E-state index in [1.807, 2.05) is 0 Å². The van der Waals surface area contributed by atoms with Crippen LogP contribution in [0.15, 0.2) is 24.3 Å². The number of hydrogen-bond acceptors (Lipinski definition) is 4. The second-order valence-electron chi connectivity index (χ2n) is 2.70. The molecule has 16 heavy (non-hydrogen) atoms. The number of anilines is 1. The summed E-state index contributed by atoms with van der Waals surface area (Å²) < 4.78 is 39.0. The molecule has 0 saturated heterocycles. The van der Waals surface area contributed by atoms with Crippen molar-refractivity contribution < 1.29 is 22.7 Å². The number of alkyl halides is 3. The topological polar surface area (TPSA) is 67.6 Å². The maximum atomic E-state index is 11.8. The highest BCUT2D eigenvalue weighted by Gasteiger charge is 2.30. The molecule has 0 radical (unpaired) electrons. The number of halogens is 3. The smallest absolute Gasteiger partial charge is 0.406 e. The molecule has 1 aromatic carbocycles. The molecule has 0 aliphatic heterocycles. The molecule has 0 aliphatic rings. The van der Waals surface area contributed by atoms with Gasteiger partial charge in [-0.2, -0.15) is 5.12 Å². The number of carbonyl (C=O) groups is 1. The third-order valence-corrected chi connectivity index (χ3v) is 1.46. The summed E-state index contributed by atoms with van der Waals surface area (Å²) in [5, 5.41) is 0.625. The second-order valence-corrected chi connectivity index (χ2v) is 2.70. The van der Waals surface area contributed by atoms with Gasteiger partial charge in [0, 0.05) is 0 Å². The zero-order valence-corrected chi connectivity index (χ0v) is 7.86. The van der Waals surface area contributed by atoms with E-state index in [2.05, 4.69) is 10.2 Å². The number of hydrogen-bond donors (Lipinski definition) is 2. The van der Waals surface area contributed by atoms with E-state index in [0.29, 0.717) is 17.2 Å². The van der Waals surface area contributed by atoms with Crippen LogP contribution in [0.2, 0.25) is 0 Å². The Morgan fingerprint density at radius 3 is 2.31 bits per heavy atom. The fourth-order valence-electron chi connectivity index (χ4n) is 0.907. The van der Waals surface area contributed by atoms with Crippen LogP contribution >= 0.6 is 0 Å². The van der Waals surface area contributed by atoms with E-state index < -0.39 is 6.36 Å². The Labute approximate surface area is 88.5 Å². The normalized spacial score (nSPS) is 10.8. The molecule has 5 nitrogen and oxygen atoms in total. The maximum Gasteiger partial charge on any atom is 0.573 e. The SMILES string of the molecule is NN(C=O)Nc1ccc(OC(F)(F)F)cc1. The van der Waals surface area contributed by atoms with Gasteiger partial charge < -0.3 is 4.74 Å². The number of nitrogens with one attached hydrogen (secondary N) is 1. The Morgan fingerprint density at radius 1 is 1.31 bits per heavy atom. The van der Waals surface area contributed by atoms with Crippen molar-refractivity contribution in [3.63, 3.8) is 0 Å². The monoisotopic (exact) mass is 235 g/mol. The molecule has 1 amide bonds. The quantitative estimate of drug-likeness (QED) is 0.356. The standard InChI is InChI=1S/C8H8F3N3O2/c9-8(10,11)16-7-3-1-6(2-4-7)13-14(12)5-15/h1-5,13H,12H2. The van der Waals surface area contributed by atoms with Gasteiger partial charge in [-0.1, -0.05) is 0 Å². The van der Waals surface area contributed by atoms with E-state index in [0.717, 1.165) is 12.1 Å². The molecule has 0 bridgehead atoms. The van der Waals surface area contributed by atoms with E-state index >= 15 is 0 Å². The third kappa shape index (κ3) is 4.05. The molecule has 0 atom stereocenters. The number of benzene rings is 1. The number of rotatable bonds is 4. The zero-order chi connectivity index (χ0) is 12.2.